The average Bonchev–Trinajstić information content (AvgIpc) is 2.98. The molecule has 1 aliphatic carbocycles. The summed E-state index contributed by atoms with van der Waals surface area (Å²) < 4.78 is 6.11. The molecule has 1 aromatic heterocycles. The molecule has 1 fully saturated rings. The van der Waals surface area contributed by atoms with Gasteiger partial charge in [-0.2, -0.15) is 0 Å². The van der Waals surface area contributed by atoms with E-state index < -0.39 is 4.92 Å². The molecule has 0 N–H and O–H groups in total. The number of hydrogen-bond acceptors (Lipinski definition) is 4. The average molecular weight is 283 g/mol. The minimum Gasteiger partial charge on any atom is -0.433 e. The van der Waals surface area contributed by atoms with Crippen molar-refractivity contribution in [1.29, 1.82) is 0 Å². The quantitative estimate of drug-likeness (QED) is 0.625. The molecular formula is C10H7BrN2O3. The molecule has 0 radical (unpaired) electrons. The van der Waals surface area contributed by atoms with E-state index >= 15 is 0 Å². The van der Waals surface area contributed by atoms with Crippen molar-refractivity contribution in [3.63, 3.8) is 0 Å². The fraction of sp³-hybridized carbons (Fsp3) is 0.300. The number of nitro benzene ring substituents is 1. The number of rotatable bonds is 2. The van der Waals surface area contributed by atoms with Crippen LogP contribution in [0.1, 0.15) is 24.7 Å². The summed E-state index contributed by atoms with van der Waals surface area (Å²) in [4.78, 5) is 14.7. The normalized spacial score (nSPS) is 15.6. The maximum atomic E-state index is 10.9. The van der Waals surface area contributed by atoms with Gasteiger partial charge < -0.3 is 4.42 Å². The maximum absolute atomic E-state index is 10.9. The lowest BCUT2D eigenvalue weighted by Gasteiger charge is -1.92. The minimum absolute atomic E-state index is 0.0382. The molecule has 1 heterocycles. The minimum atomic E-state index is -0.449. The Kier molecular flexibility index (Phi) is 2.00. The van der Waals surface area contributed by atoms with Crippen LogP contribution in [0.3, 0.4) is 0 Å². The van der Waals surface area contributed by atoms with Crippen molar-refractivity contribution in [3.05, 3.63) is 32.6 Å². The number of non-ortho nitro benzene ring substituents is 1. The molecule has 5 nitrogen and oxygen atoms in total. The first-order valence-corrected chi connectivity index (χ1v) is 5.69. The Morgan fingerprint density at radius 2 is 2.25 bits per heavy atom. The van der Waals surface area contributed by atoms with Gasteiger partial charge in [-0.05, 0) is 18.9 Å². The molecule has 1 saturated carbocycles. The Hall–Kier alpha value is -1.43. The molecule has 0 unspecified atom stereocenters. The summed E-state index contributed by atoms with van der Waals surface area (Å²) >= 11 is 3.23. The molecule has 1 aliphatic rings. The molecule has 0 amide bonds. The second-order valence-corrected chi connectivity index (χ2v) is 4.77. The van der Waals surface area contributed by atoms with E-state index in [2.05, 4.69) is 20.9 Å². The van der Waals surface area contributed by atoms with Crippen LogP contribution in [0.25, 0.3) is 11.1 Å². The summed E-state index contributed by atoms with van der Waals surface area (Å²) in [6.45, 7) is 0. The van der Waals surface area contributed by atoms with E-state index in [1.54, 1.807) is 6.07 Å². The van der Waals surface area contributed by atoms with Crippen LogP contribution in [0.4, 0.5) is 5.69 Å². The third-order valence-electron chi connectivity index (χ3n) is 2.58. The van der Waals surface area contributed by atoms with E-state index in [1.165, 1.54) is 6.07 Å². The topological polar surface area (TPSA) is 69.2 Å². The molecule has 2 aromatic rings. The lowest BCUT2D eigenvalue weighted by Crippen LogP contribution is -1.88. The summed E-state index contributed by atoms with van der Waals surface area (Å²) in [5.41, 5.74) is 0.779. The smallest absolute Gasteiger partial charge is 0.315 e. The highest BCUT2D eigenvalue weighted by molar-refractivity contribution is 9.10. The van der Waals surface area contributed by atoms with Gasteiger partial charge >= 0.3 is 5.69 Å². The lowest BCUT2D eigenvalue weighted by atomic mass is 10.3. The Labute approximate surface area is 98.7 Å². The number of nitrogens with zero attached hydrogens (tertiary/aromatic N) is 2. The Bertz CT molecular complexity index is 589. The van der Waals surface area contributed by atoms with Crippen molar-refractivity contribution in [3.8, 4) is 0 Å². The van der Waals surface area contributed by atoms with Gasteiger partial charge in [-0.25, -0.2) is 4.98 Å². The van der Waals surface area contributed by atoms with Gasteiger partial charge in [0.05, 0.1) is 4.92 Å². The molecule has 0 aliphatic heterocycles. The molecule has 0 saturated heterocycles. The van der Waals surface area contributed by atoms with Gasteiger partial charge in [0.15, 0.2) is 5.89 Å². The zero-order chi connectivity index (χ0) is 11.3. The molecule has 82 valence electrons. The van der Waals surface area contributed by atoms with Gasteiger partial charge in [-0.1, -0.05) is 15.9 Å². The first-order chi connectivity index (χ1) is 7.65. The maximum Gasteiger partial charge on any atom is 0.315 e. The van der Waals surface area contributed by atoms with Crippen LogP contribution in [-0.2, 0) is 0 Å². The number of nitro groups is 1. The summed E-state index contributed by atoms with van der Waals surface area (Å²) in [6.07, 6.45) is 2.11. The number of aromatic nitrogens is 1. The van der Waals surface area contributed by atoms with E-state index in [0.717, 1.165) is 12.8 Å². The number of benzene rings is 1. The molecular weight excluding hydrogens is 276 g/mol. The number of halogens is 1. The van der Waals surface area contributed by atoms with Crippen molar-refractivity contribution in [2.45, 2.75) is 18.8 Å². The molecule has 0 spiro atoms. The summed E-state index contributed by atoms with van der Waals surface area (Å²) in [5, 5.41) is 10.9. The zero-order valence-electron chi connectivity index (χ0n) is 8.14. The predicted molar refractivity (Wildman–Crippen MR) is 60.3 cm³/mol. The molecule has 6 heteroatoms. The number of hydrogen-bond donors (Lipinski definition) is 0. The summed E-state index contributed by atoms with van der Waals surface area (Å²) in [5.74, 6) is 0.974. The largest absolute Gasteiger partial charge is 0.433 e. The van der Waals surface area contributed by atoms with Gasteiger partial charge in [-0.15, -0.1) is 0 Å². The van der Waals surface area contributed by atoms with Crippen molar-refractivity contribution in [1.82, 2.24) is 4.98 Å². The van der Waals surface area contributed by atoms with Gasteiger partial charge in [0.1, 0.15) is 5.52 Å². The van der Waals surface area contributed by atoms with Gasteiger partial charge in [0.25, 0.3) is 0 Å². The van der Waals surface area contributed by atoms with Crippen LogP contribution in [0, 0.1) is 10.1 Å². The van der Waals surface area contributed by atoms with Crippen LogP contribution < -0.4 is 0 Å². The highest BCUT2D eigenvalue weighted by atomic mass is 79.9. The molecule has 3 rings (SSSR count). The monoisotopic (exact) mass is 282 g/mol. The summed E-state index contributed by atoms with van der Waals surface area (Å²) in [7, 11) is 0. The SMILES string of the molecule is O=[N+]([O-])c1cc(Br)cc2nc(C3CC3)oc12. The fourth-order valence-electron chi connectivity index (χ4n) is 1.64. The van der Waals surface area contributed by atoms with E-state index in [4.69, 9.17) is 4.42 Å². The highest BCUT2D eigenvalue weighted by Crippen LogP contribution is 2.42. The third-order valence-corrected chi connectivity index (χ3v) is 3.03. The zero-order valence-corrected chi connectivity index (χ0v) is 9.73. The standard InChI is InChI=1S/C10H7BrN2O3/c11-6-3-7-9(8(4-6)13(14)15)16-10(12-7)5-1-2-5/h3-5H,1-2H2. The third kappa shape index (κ3) is 1.49. The molecule has 1 aromatic carbocycles. The Morgan fingerprint density at radius 1 is 1.50 bits per heavy atom. The number of fused-ring (bicyclic) bond motifs is 1. The van der Waals surface area contributed by atoms with E-state index in [-0.39, 0.29) is 11.3 Å². The van der Waals surface area contributed by atoms with Crippen molar-refractivity contribution < 1.29 is 9.34 Å². The Morgan fingerprint density at radius 3 is 2.88 bits per heavy atom. The van der Waals surface area contributed by atoms with Crippen LogP contribution >= 0.6 is 15.9 Å². The van der Waals surface area contributed by atoms with Crippen LogP contribution in [0.2, 0.25) is 0 Å². The molecule has 0 atom stereocenters. The lowest BCUT2D eigenvalue weighted by molar-refractivity contribution is -0.383. The van der Waals surface area contributed by atoms with Gasteiger partial charge in [0.2, 0.25) is 5.58 Å². The van der Waals surface area contributed by atoms with Crippen LogP contribution in [0.5, 0.6) is 0 Å². The second-order valence-electron chi connectivity index (χ2n) is 3.86. The van der Waals surface area contributed by atoms with E-state index in [0.29, 0.717) is 21.8 Å². The fourth-order valence-corrected chi connectivity index (χ4v) is 2.07. The summed E-state index contributed by atoms with van der Waals surface area (Å²) in [6, 6.07) is 3.17. The van der Waals surface area contributed by atoms with E-state index in [1.807, 2.05) is 0 Å². The van der Waals surface area contributed by atoms with Crippen LogP contribution in [-0.4, -0.2) is 9.91 Å². The highest BCUT2D eigenvalue weighted by Gasteiger charge is 2.30. The van der Waals surface area contributed by atoms with Crippen molar-refractivity contribution >= 4 is 32.7 Å². The van der Waals surface area contributed by atoms with Gasteiger partial charge in [-0.3, -0.25) is 10.1 Å². The number of oxazole rings is 1. The van der Waals surface area contributed by atoms with Gasteiger partial charge in [0, 0.05) is 16.5 Å². The predicted octanol–water partition coefficient (Wildman–Crippen LogP) is 3.38. The van der Waals surface area contributed by atoms with Crippen molar-refractivity contribution in [2.24, 2.45) is 0 Å². The van der Waals surface area contributed by atoms with Crippen molar-refractivity contribution in [2.75, 3.05) is 0 Å². The first-order valence-electron chi connectivity index (χ1n) is 4.89. The second kappa shape index (κ2) is 3.28. The first kappa shape index (κ1) is 9.77. The molecule has 0 bridgehead atoms. The van der Waals surface area contributed by atoms with E-state index in [9.17, 15) is 10.1 Å². The Balaban J connectivity index is 2.27. The molecule has 16 heavy (non-hydrogen) atoms. The van der Waals surface area contributed by atoms with Crippen LogP contribution in [0.15, 0.2) is 21.0 Å².